The fraction of sp³-hybridized carbons (Fsp3) is 0.438. The van der Waals surface area contributed by atoms with Gasteiger partial charge < -0.3 is 4.90 Å². The van der Waals surface area contributed by atoms with E-state index in [0.29, 0.717) is 0 Å². The molecule has 2 heterocycles. The van der Waals surface area contributed by atoms with Gasteiger partial charge in [-0.1, -0.05) is 19.1 Å². The summed E-state index contributed by atoms with van der Waals surface area (Å²) in [5.74, 6) is 1.94. The van der Waals surface area contributed by atoms with E-state index < -0.39 is 0 Å². The first-order valence-corrected chi connectivity index (χ1v) is 7.67. The van der Waals surface area contributed by atoms with E-state index >= 15 is 0 Å². The molecule has 0 N–H and O–H groups in total. The van der Waals surface area contributed by atoms with E-state index in [-0.39, 0.29) is 0 Å². The number of para-hydroxylation sites is 2. The van der Waals surface area contributed by atoms with Gasteiger partial charge in [0.15, 0.2) is 5.82 Å². The van der Waals surface area contributed by atoms with Crippen molar-refractivity contribution in [2.45, 2.75) is 33.6 Å². The van der Waals surface area contributed by atoms with Crippen LogP contribution in [0.25, 0.3) is 16.7 Å². The first-order chi connectivity index (χ1) is 10.3. The number of benzene rings is 1. The molecule has 0 amide bonds. The van der Waals surface area contributed by atoms with E-state index in [2.05, 4.69) is 52.4 Å². The Morgan fingerprint density at radius 2 is 1.81 bits per heavy atom. The Balaban J connectivity index is 2.37. The SMILES string of the molecule is CCCc1nnc2c(N(CC)CC)nc3ccccc3n12. The van der Waals surface area contributed by atoms with Gasteiger partial charge in [-0.25, -0.2) is 4.98 Å². The standard InChI is InChI=1S/C16H21N5/c1-4-9-14-18-19-16-15(20(5-2)6-3)17-12-10-7-8-11-13(12)21(14)16/h7-8,10-11H,4-6,9H2,1-3H3. The van der Waals surface area contributed by atoms with Crippen molar-refractivity contribution in [1.29, 1.82) is 0 Å². The number of fused-ring (bicyclic) bond motifs is 3. The molecule has 3 aromatic rings. The van der Waals surface area contributed by atoms with Gasteiger partial charge >= 0.3 is 0 Å². The van der Waals surface area contributed by atoms with Crippen LogP contribution in [0.2, 0.25) is 0 Å². The molecule has 0 unspecified atom stereocenters. The smallest absolute Gasteiger partial charge is 0.204 e. The van der Waals surface area contributed by atoms with E-state index in [1.54, 1.807) is 0 Å². The summed E-state index contributed by atoms with van der Waals surface area (Å²) in [4.78, 5) is 7.05. The van der Waals surface area contributed by atoms with Crippen molar-refractivity contribution in [3.05, 3.63) is 30.1 Å². The molecule has 0 aliphatic rings. The molecule has 0 aliphatic heterocycles. The maximum Gasteiger partial charge on any atom is 0.204 e. The lowest BCUT2D eigenvalue weighted by molar-refractivity contribution is 0.823. The highest BCUT2D eigenvalue weighted by Gasteiger charge is 2.17. The molecule has 3 rings (SSSR count). The molecule has 0 fully saturated rings. The minimum Gasteiger partial charge on any atom is -0.354 e. The van der Waals surface area contributed by atoms with Crippen LogP contribution in [0.15, 0.2) is 24.3 Å². The fourth-order valence-electron chi connectivity index (χ4n) is 2.75. The Kier molecular flexibility index (Phi) is 3.73. The predicted molar refractivity (Wildman–Crippen MR) is 85.8 cm³/mol. The quantitative estimate of drug-likeness (QED) is 0.722. The second kappa shape index (κ2) is 5.68. The number of nitrogens with zero attached hydrogens (tertiary/aromatic N) is 5. The zero-order valence-corrected chi connectivity index (χ0v) is 12.9. The third-order valence-corrected chi connectivity index (χ3v) is 3.82. The van der Waals surface area contributed by atoms with Gasteiger partial charge in [-0.05, 0) is 32.4 Å². The summed E-state index contributed by atoms with van der Waals surface area (Å²) < 4.78 is 2.17. The third-order valence-electron chi connectivity index (χ3n) is 3.82. The topological polar surface area (TPSA) is 46.3 Å². The van der Waals surface area contributed by atoms with Gasteiger partial charge in [-0.15, -0.1) is 10.2 Å². The third kappa shape index (κ3) is 2.22. The first kappa shape index (κ1) is 13.8. The van der Waals surface area contributed by atoms with Crippen LogP contribution in [0.5, 0.6) is 0 Å². The summed E-state index contributed by atoms with van der Waals surface area (Å²) in [6, 6.07) is 8.20. The largest absolute Gasteiger partial charge is 0.354 e. The van der Waals surface area contributed by atoms with Crippen LogP contribution in [0.3, 0.4) is 0 Å². The van der Waals surface area contributed by atoms with E-state index in [0.717, 1.165) is 54.3 Å². The lowest BCUT2D eigenvalue weighted by Gasteiger charge is -2.20. The van der Waals surface area contributed by atoms with Crippen molar-refractivity contribution >= 4 is 22.5 Å². The van der Waals surface area contributed by atoms with Crippen LogP contribution >= 0.6 is 0 Å². The number of aromatic nitrogens is 4. The lowest BCUT2D eigenvalue weighted by atomic mass is 10.2. The normalized spacial score (nSPS) is 11.4. The number of hydrogen-bond donors (Lipinski definition) is 0. The maximum atomic E-state index is 4.82. The molecule has 5 nitrogen and oxygen atoms in total. The molecule has 1 aromatic carbocycles. The molecule has 110 valence electrons. The molecular formula is C16H21N5. The number of hydrogen-bond acceptors (Lipinski definition) is 4. The zero-order valence-electron chi connectivity index (χ0n) is 12.9. The van der Waals surface area contributed by atoms with Gasteiger partial charge in [0.1, 0.15) is 5.82 Å². The Morgan fingerprint density at radius 1 is 1.05 bits per heavy atom. The molecule has 5 heteroatoms. The minimum absolute atomic E-state index is 0.862. The number of aryl methyl sites for hydroxylation is 1. The van der Waals surface area contributed by atoms with Gasteiger partial charge in [-0.3, -0.25) is 4.40 Å². The summed E-state index contributed by atoms with van der Waals surface area (Å²) in [6.07, 6.45) is 1.98. The summed E-state index contributed by atoms with van der Waals surface area (Å²) in [7, 11) is 0. The highest BCUT2D eigenvalue weighted by atomic mass is 15.3. The summed E-state index contributed by atoms with van der Waals surface area (Å²) >= 11 is 0. The lowest BCUT2D eigenvalue weighted by Crippen LogP contribution is -2.24. The highest BCUT2D eigenvalue weighted by molar-refractivity contribution is 5.83. The maximum absolute atomic E-state index is 4.82. The zero-order chi connectivity index (χ0) is 14.8. The first-order valence-electron chi connectivity index (χ1n) is 7.67. The second-order valence-corrected chi connectivity index (χ2v) is 5.12. The Labute approximate surface area is 124 Å². The minimum atomic E-state index is 0.862. The van der Waals surface area contributed by atoms with Gasteiger partial charge in [0.05, 0.1) is 11.0 Å². The molecule has 0 spiro atoms. The molecule has 0 bridgehead atoms. The van der Waals surface area contributed by atoms with Crippen molar-refractivity contribution in [1.82, 2.24) is 19.6 Å². The molecule has 21 heavy (non-hydrogen) atoms. The van der Waals surface area contributed by atoms with Gasteiger partial charge in [0.2, 0.25) is 5.65 Å². The Morgan fingerprint density at radius 3 is 2.52 bits per heavy atom. The second-order valence-electron chi connectivity index (χ2n) is 5.12. The van der Waals surface area contributed by atoms with E-state index in [9.17, 15) is 0 Å². The van der Waals surface area contributed by atoms with Crippen LogP contribution in [0.1, 0.15) is 33.0 Å². The van der Waals surface area contributed by atoms with Gasteiger partial charge in [0.25, 0.3) is 0 Å². The number of rotatable bonds is 5. The van der Waals surface area contributed by atoms with Crippen LogP contribution in [0, 0.1) is 0 Å². The molecule has 0 atom stereocenters. The summed E-state index contributed by atoms with van der Waals surface area (Å²) in [6.45, 7) is 8.26. The number of anilines is 1. The van der Waals surface area contributed by atoms with Gasteiger partial charge in [-0.2, -0.15) is 0 Å². The van der Waals surface area contributed by atoms with Crippen molar-refractivity contribution in [2.24, 2.45) is 0 Å². The average Bonchev–Trinajstić information content (AvgIpc) is 2.93. The van der Waals surface area contributed by atoms with Crippen molar-refractivity contribution in [2.75, 3.05) is 18.0 Å². The van der Waals surface area contributed by atoms with Crippen LogP contribution in [0.4, 0.5) is 5.82 Å². The summed E-state index contributed by atoms with van der Waals surface area (Å²) in [5.41, 5.74) is 2.93. The molecule has 0 aliphatic carbocycles. The van der Waals surface area contributed by atoms with Crippen molar-refractivity contribution in [3.8, 4) is 0 Å². The predicted octanol–water partition coefficient (Wildman–Crippen LogP) is 3.08. The fourth-order valence-corrected chi connectivity index (χ4v) is 2.75. The Bertz CT molecular complexity index is 758. The molecule has 0 radical (unpaired) electrons. The monoisotopic (exact) mass is 283 g/mol. The molecule has 0 saturated heterocycles. The van der Waals surface area contributed by atoms with Crippen LogP contribution < -0.4 is 4.90 Å². The molecular weight excluding hydrogens is 262 g/mol. The van der Waals surface area contributed by atoms with E-state index in [1.165, 1.54) is 0 Å². The molecule has 2 aromatic heterocycles. The van der Waals surface area contributed by atoms with Crippen molar-refractivity contribution < 1.29 is 0 Å². The Hall–Kier alpha value is -2.17. The van der Waals surface area contributed by atoms with E-state index in [4.69, 9.17) is 4.98 Å². The highest BCUT2D eigenvalue weighted by Crippen LogP contribution is 2.24. The average molecular weight is 283 g/mol. The van der Waals surface area contributed by atoms with E-state index in [1.807, 2.05) is 12.1 Å². The van der Waals surface area contributed by atoms with Crippen LogP contribution in [-0.2, 0) is 6.42 Å². The van der Waals surface area contributed by atoms with Crippen molar-refractivity contribution in [3.63, 3.8) is 0 Å². The van der Waals surface area contributed by atoms with Crippen LogP contribution in [-0.4, -0.2) is 32.7 Å². The van der Waals surface area contributed by atoms with Gasteiger partial charge in [0, 0.05) is 19.5 Å². The molecule has 0 saturated carbocycles. The summed E-state index contributed by atoms with van der Waals surface area (Å²) in [5, 5.41) is 8.81.